The molecule has 0 unspecified atom stereocenters. The number of rotatable bonds is 8. The summed E-state index contributed by atoms with van der Waals surface area (Å²) in [6.07, 6.45) is 1.21. The third-order valence-corrected chi connectivity index (χ3v) is 7.17. The van der Waals surface area contributed by atoms with Gasteiger partial charge in [0.25, 0.3) is 10.1 Å². The molecule has 0 saturated carbocycles. The molecular weight excluding hydrogens is 558 g/mol. The summed E-state index contributed by atoms with van der Waals surface area (Å²) in [5.74, 6) is -0.281. The quantitative estimate of drug-likeness (QED) is 0.100. The average Bonchev–Trinajstić information content (AvgIpc) is 2.97. The zero-order valence-electron chi connectivity index (χ0n) is 22.4. The van der Waals surface area contributed by atoms with E-state index < -0.39 is 26.5 Å². The van der Waals surface area contributed by atoms with Crippen LogP contribution in [-0.4, -0.2) is 36.7 Å². The van der Waals surface area contributed by atoms with Crippen LogP contribution in [0.2, 0.25) is 0 Å². The summed E-state index contributed by atoms with van der Waals surface area (Å²) in [7, 11) is -3.39. The molecule has 0 aliphatic heterocycles. The Labute approximate surface area is 241 Å². The molecule has 0 radical (unpaired) electrons. The van der Waals surface area contributed by atoms with Gasteiger partial charge in [0.05, 0.1) is 24.2 Å². The summed E-state index contributed by atoms with van der Waals surface area (Å²) in [5.41, 5.74) is 6.19. The number of aryl methyl sites for hydroxylation is 1. The molecule has 0 aromatic heterocycles. The maximum atomic E-state index is 13.4. The van der Waals surface area contributed by atoms with Crippen molar-refractivity contribution >= 4 is 56.1 Å². The van der Waals surface area contributed by atoms with Crippen LogP contribution in [0, 0.1) is 6.92 Å². The predicted octanol–water partition coefficient (Wildman–Crippen LogP) is 6.76. The van der Waals surface area contributed by atoms with Crippen LogP contribution in [0.5, 0.6) is 11.5 Å². The van der Waals surface area contributed by atoms with Gasteiger partial charge in [0, 0.05) is 23.0 Å². The van der Waals surface area contributed by atoms with Gasteiger partial charge in [-0.1, -0.05) is 18.2 Å². The van der Waals surface area contributed by atoms with E-state index in [0.29, 0.717) is 39.6 Å². The molecule has 212 valence electrons. The number of fused-ring (bicyclic) bond motifs is 1. The summed E-state index contributed by atoms with van der Waals surface area (Å²) in [6, 6.07) is 23.7. The first-order valence-corrected chi connectivity index (χ1v) is 14.0. The van der Waals surface area contributed by atoms with Gasteiger partial charge >= 0.3 is 0 Å². The lowest BCUT2D eigenvalue weighted by Gasteiger charge is -2.18. The van der Waals surface area contributed by atoms with Crippen molar-refractivity contribution in [2.24, 2.45) is 15.3 Å². The molecule has 42 heavy (non-hydrogen) atoms. The number of carbonyl (C=O) groups excluding carboxylic acids is 1. The van der Waals surface area contributed by atoms with E-state index in [0.717, 1.165) is 5.69 Å². The number of anilines is 3. The number of ketones is 1. The number of ether oxygens (including phenoxy) is 1. The Morgan fingerprint density at radius 2 is 1.62 bits per heavy atom. The van der Waals surface area contributed by atoms with E-state index >= 15 is 0 Å². The Morgan fingerprint density at radius 3 is 2.31 bits per heavy atom. The standard InChI is InChI=1S/C30H25N5O6S/c1-18-14-26(27(41-2)17-25(18)33-32-21-8-11-23(36)12-9-21)34-35-29-28(42(38,39)40)16-19-15-22(10-13-24(19)30(29)37)31-20-6-4-3-5-7-20/h3-17,31,34,36H,1-2H3,(H,38,39,40)/b33-32+,35-29-. The number of carbonyl (C=O) groups is 1. The molecule has 0 spiro atoms. The minimum Gasteiger partial charge on any atom is -0.508 e. The molecule has 0 amide bonds. The average molecular weight is 584 g/mol. The first-order valence-electron chi connectivity index (χ1n) is 12.6. The number of aromatic hydroxyl groups is 1. The summed E-state index contributed by atoms with van der Waals surface area (Å²) >= 11 is 0. The number of methoxy groups -OCH3 is 1. The van der Waals surface area contributed by atoms with Crippen LogP contribution in [0.15, 0.2) is 105 Å². The van der Waals surface area contributed by atoms with Crippen LogP contribution in [0.25, 0.3) is 6.08 Å². The SMILES string of the molecule is COc1cc(/N=N/c2ccc(O)cc2)c(C)cc1N/N=C1\C(=O)c2ccc(Nc3ccccc3)cc2C=C1S(=O)(=O)O. The van der Waals surface area contributed by atoms with Crippen molar-refractivity contribution < 1.29 is 27.6 Å². The van der Waals surface area contributed by atoms with Crippen molar-refractivity contribution in [1.82, 2.24) is 0 Å². The number of hydrogen-bond acceptors (Lipinski definition) is 10. The molecule has 11 nitrogen and oxygen atoms in total. The lowest BCUT2D eigenvalue weighted by atomic mass is 9.94. The minimum absolute atomic E-state index is 0.112. The largest absolute Gasteiger partial charge is 0.508 e. The highest BCUT2D eigenvalue weighted by atomic mass is 32.2. The van der Waals surface area contributed by atoms with E-state index in [4.69, 9.17) is 4.74 Å². The number of Topliss-reactive ketones (excluding diaryl/α,β-unsaturated/α-hetero) is 1. The first-order chi connectivity index (χ1) is 20.1. The highest BCUT2D eigenvalue weighted by Crippen LogP contribution is 2.35. The lowest BCUT2D eigenvalue weighted by molar-refractivity contribution is 0.106. The van der Waals surface area contributed by atoms with Crippen LogP contribution in [0.3, 0.4) is 0 Å². The fourth-order valence-electron chi connectivity index (χ4n) is 4.19. The fourth-order valence-corrected chi connectivity index (χ4v) is 4.85. The van der Waals surface area contributed by atoms with Gasteiger partial charge in [0.1, 0.15) is 16.4 Å². The molecule has 0 atom stereocenters. The number of nitrogens with zero attached hydrogens (tertiary/aromatic N) is 3. The molecule has 4 aromatic carbocycles. The molecule has 4 aromatic rings. The van der Waals surface area contributed by atoms with Crippen LogP contribution >= 0.6 is 0 Å². The highest BCUT2D eigenvalue weighted by molar-refractivity contribution is 7.91. The second-order valence-electron chi connectivity index (χ2n) is 9.23. The maximum Gasteiger partial charge on any atom is 0.296 e. The number of allylic oxidation sites excluding steroid dienone is 1. The Morgan fingerprint density at radius 1 is 0.881 bits per heavy atom. The molecule has 1 aliphatic carbocycles. The smallest absolute Gasteiger partial charge is 0.296 e. The van der Waals surface area contributed by atoms with Gasteiger partial charge in [-0.25, -0.2) is 0 Å². The highest BCUT2D eigenvalue weighted by Gasteiger charge is 2.33. The Balaban J connectivity index is 1.45. The normalized spacial score (nSPS) is 14.0. The van der Waals surface area contributed by atoms with E-state index in [1.165, 1.54) is 25.3 Å². The zero-order chi connectivity index (χ0) is 29.9. The summed E-state index contributed by atoms with van der Waals surface area (Å²) in [4.78, 5) is 12.8. The second-order valence-corrected chi connectivity index (χ2v) is 10.6. The minimum atomic E-state index is -4.82. The number of para-hydroxylation sites is 1. The number of azo groups is 1. The van der Waals surface area contributed by atoms with Crippen LogP contribution in [0.4, 0.5) is 28.4 Å². The fraction of sp³-hybridized carbons (Fsp3) is 0.0667. The molecule has 12 heteroatoms. The number of benzene rings is 4. The van der Waals surface area contributed by atoms with Gasteiger partial charge in [0.15, 0.2) is 5.71 Å². The van der Waals surface area contributed by atoms with Crippen LogP contribution in [-0.2, 0) is 10.1 Å². The number of hydrogen-bond donors (Lipinski definition) is 4. The second kappa shape index (κ2) is 11.6. The van der Waals surface area contributed by atoms with E-state index in [2.05, 4.69) is 26.1 Å². The van der Waals surface area contributed by atoms with Crippen molar-refractivity contribution in [3.63, 3.8) is 0 Å². The molecular formula is C30H25N5O6S. The topological polar surface area (TPSA) is 162 Å². The maximum absolute atomic E-state index is 13.4. The van der Waals surface area contributed by atoms with Gasteiger partial charge in [-0.2, -0.15) is 23.7 Å². The zero-order valence-corrected chi connectivity index (χ0v) is 23.3. The molecule has 1 aliphatic rings. The Kier molecular flexibility index (Phi) is 7.82. The monoisotopic (exact) mass is 583 g/mol. The van der Waals surface area contributed by atoms with Crippen molar-refractivity contribution in [1.29, 1.82) is 0 Å². The molecule has 0 bridgehead atoms. The Hall–Kier alpha value is -5.33. The van der Waals surface area contributed by atoms with Crippen LogP contribution < -0.4 is 15.5 Å². The van der Waals surface area contributed by atoms with E-state index in [-0.39, 0.29) is 11.3 Å². The Bertz CT molecular complexity index is 1870. The van der Waals surface area contributed by atoms with Crippen molar-refractivity contribution in [3.05, 3.63) is 107 Å². The van der Waals surface area contributed by atoms with Gasteiger partial charge in [-0.3, -0.25) is 14.8 Å². The molecule has 5 rings (SSSR count). The van der Waals surface area contributed by atoms with Crippen molar-refractivity contribution in [2.75, 3.05) is 17.9 Å². The van der Waals surface area contributed by atoms with Gasteiger partial charge < -0.3 is 15.2 Å². The number of phenols is 1. The van der Waals surface area contributed by atoms with E-state index in [1.807, 2.05) is 30.3 Å². The molecule has 0 fully saturated rings. The lowest BCUT2D eigenvalue weighted by Crippen LogP contribution is -2.27. The van der Waals surface area contributed by atoms with Gasteiger partial charge in [-0.05, 0) is 84.8 Å². The number of phenolic OH excluding ortho intramolecular Hbond substituents is 1. The first kappa shape index (κ1) is 28.2. The molecule has 0 saturated heterocycles. The van der Waals surface area contributed by atoms with Crippen LogP contribution in [0.1, 0.15) is 21.5 Å². The van der Waals surface area contributed by atoms with Crippen molar-refractivity contribution in [2.45, 2.75) is 6.92 Å². The van der Waals surface area contributed by atoms with Gasteiger partial charge in [-0.15, -0.1) is 0 Å². The van der Waals surface area contributed by atoms with Crippen molar-refractivity contribution in [3.8, 4) is 11.5 Å². The third-order valence-electron chi connectivity index (χ3n) is 6.30. The molecule has 0 heterocycles. The summed E-state index contributed by atoms with van der Waals surface area (Å²) in [5, 5.41) is 25.1. The van der Waals surface area contributed by atoms with Gasteiger partial charge in [0.2, 0.25) is 5.78 Å². The third kappa shape index (κ3) is 6.19. The number of nitrogens with one attached hydrogen (secondary N) is 2. The molecule has 4 N–H and O–H groups in total. The summed E-state index contributed by atoms with van der Waals surface area (Å²) < 4.78 is 40.1. The van der Waals surface area contributed by atoms with E-state index in [9.17, 15) is 22.9 Å². The predicted molar refractivity (Wildman–Crippen MR) is 161 cm³/mol. The summed E-state index contributed by atoms with van der Waals surface area (Å²) in [6.45, 7) is 1.77. The number of hydrazone groups is 1. The van der Waals surface area contributed by atoms with E-state index in [1.54, 1.807) is 49.4 Å².